The Balaban J connectivity index is 2.14. The summed E-state index contributed by atoms with van der Waals surface area (Å²) >= 11 is 0. The summed E-state index contributed by atoms with van der Waals surface area (Å²) in [5.74, 6) is 0.438. The highest BCUT2D eigenvalue weighted by Crippen LogP contribution is 2.24. The summed E-state index contributed by atoms with van der Waals surface area (Å²) in [6.07, 6.45) is 0. The molecule has 2 aromatic rings. The van der Waals surface area contributed by atoms with E-state index in [1.165, 1.54) is 0 Å². The largest absolute Gasteiger partial charge is 0.494 e. The molecule has 0 unspecified atom stereocenters. The molecule has 0 heterocycles. The third-order valence-electron chi connectivity index (χ3n) is 3.85. The molecule has 2 rings (SSSR count). The fraction of sp³-hybridized carbons (Fsp3) is 0.333. The molecule has 26 heavy (non-hydrogen) atoms. The zero-order valence-corrected chi connectivity index (χ0v) is 16.0. The second kappa shape index (κ2) is 8.04. The fourth-order valence-electron chi connectivity index (χ4n) is 2.22. The van der Waals surface area contributed by atoms with E-state index in [2.05, 4.69) is 10.6 Å². The molecule has 0 radical (unpaired) electrons. The maximum absolute atomic E-state index is 12.5. The molecule has 2 N–H and O–H groups in total. The molecule has 0 saturated heterocycles. The SMILES string of the molecule is CCOc1ccc(C(=O)Nc2cc(NC(=O)C(C)(C)C)ccc2C)cc1. The highest BCUT2D eigenvalue weighted by atomic mass is 16.5. The van der Waals surface area contributed by atoms with E-state index in [9.17, 15) is 9.59 Å². The smallest absolute Gasteiger partial charge is 0.255 e. The lowest BCUT2D eigenvalue weighted by atomic mass is 9.95. The Kier molecular flexibility index (Phi) is 6.03. The van der Waals surface area contributed by atoms with Crippen LogP contribution in [0.2, 0.25) is 0 Å². The van der Waals surface area contributed by atoms with Gasteiger partial charge in [-0.15, -0.1) is 0 Å². The number of hydrogen-bond acceptors (Lipinski definition) is 3. The summed E-state index contributed by atoms with van der Waals surface area (Å²) in [7, 11) is 0. The van der Waals surface area contributed by atoms with Gasteiger partial charge in [-0.05, 0) is 55.8 Å². The van der Waals surface area contributed by atoms with Gasteiger partial charge in [0, 0.05) is 22.4 Å². The third kappa shape index (κ3) is 5.09. The number of aryl methyl sites for hydroxylation is 1. The van der Waals surface area contributed by atoms with Crippen molar-refractivity contribution in [3.63, 3.8) is 0 Å². The molecule has 0 bridgehead atoms. The quantitative estimate of drug-likeness (QED) is 0.822. The van der Waals surface area contributed by atoms with Gasteiger partial charge in [0.1, 0.15) is 5.75 Å². The molecule has 0 aliphatic carbocycles. The van der Waals surface area contributed by atoms with E-state index >= 15 is 0 Å². The summed E-state index contributed by atoms with van der Waals surface area (Å²) in [5.41, 5.74) is 2.28. The topological polar surface area (TPSA) is 67.4 Å². The molecule has 138 valence electrons. The molecular weight excluding hydrogens is 328 g/mol. The molecule has 5 nitrogen and oxygen atoms in total. The number of carbonyl (C=O) groups is 2. The number of nitrogens with one attached hydrogen (secondary N) is 2. The molecule has 2 amide bonds. The van der Waals surface area contributed by atoms with E-state index in [0.717, 1.165) is 11.3 Å². The first-order valence-electron chi connectivity index (χ1n) is 8.67. The van der Waals surface area contributed by atoms with Crippen molar-refractivity contribution in [1.82, 2.24) is 0 Å². The van der Waals surface area contributed by atoms with Gasteiger partial charge < -0.3 is 15.4 Å². The Labute approximate surface area is 154 Å². The van der Waals surface area contributed by atoms with Crippen LogP contribution in [0.3, 0.4) is 0 Å². The highest BCUT2D eigenvalue weighted by Gasteiger charge is 2.21. The lowest BCUT2D eigenvalue weighted by molar-refractivity contribution is -0.123. The number of hydrogen-bond donors (Lipinski definition) is 2. The maximum Gasteiger partial charge on any atom is 0.255 e. The lowest BCUT2D eigenvalue weighted by Crippen LogP contribution is -2.27. The van der Waals surface area contributed by atoms with Crippen LogP contribution < -0.4 is 15.4 Å². The molecule has 0 atom stereocenters. The molecule has 0 aliphatic rings. The lowest BCUT2D eigenvalue weighted by Gasteiger charge is -2.18. The zero-order chi connectivity index (χ0) is 19.3. The number of carbonyl (C=O) groups excluding carboxylic acids is 2. The molecular formula is C21H26N2O3. The Morgan fingerprint density at radius 3 is 2.23 bits per heavy atom. The molecule has 5 heteroatoms. The van der Waals surface area contributed by atoms with Crippen LogP contribution >= 0.6 is 0 Å². The van der Waals surface area contributed by atoms with Gasteiger partial charge in [-0.25, -0.2) is 0 Å². The molecule has 0 fully saturated rings. The van der Waals surface area contributed by atoms with Crippen LogP contribution in [0.25, 0.3) is 0 Å². The van der Waals surface area contributed by atoms with E-state index in [-0.39, 0.29) is 11.8 Å². The van der Waals surface area contributed by atoms with Crippen molar-refractivity contribution in [2.45, 2.75) is 34.6 Å². The highest BCUT2D eigenvalue weighted by molar-refractivity contribution is 6.05. The third-order valence-corrected chi connectivity index (χ3v) is 3.85. The van der Waals surface area contributed by atoms with Gasteiger partial charge in [-0.2, -0.15) is 0 Å². The number of ether oxygens (including phenoxy) is 1. The number of rotatable bonds is 5. The van der Waals surface area contributed by atoms with Crippen LogP contribution in [0.4, 0.5) is 11.4 Å². The van der Waals surface area contributed by atoms with Gasteiger partial charge in [-0.3, -0.25) is 9.59 Å². The summed E-state index contributed by atoms with van der Waals surface area (Å²) in [6, 6.07) is 12.4. The summed E-state index contributed by atoms with van der Waals surface area (Å²) in [5, 5.41) is 5.78. The van der Waals surface area contributed by atoms with E-state index in [4.69, 9.17) is 4.74 Å². The van der Waals surface area contributed by atoms with E-state index < -0.39 is 5.41 Å². The summed E-state index contributed by atoms with van der Waals surface area (Å²) < 4.78 is 5.39. The first-order valence-corrected chi connectivity index (χ1v) is 8.67. The minimum absolute atomic E-state index is 0.0786. The van der Waals surface area contributed by atoms with Gasteiger partial charge in [0.2, 0.25) is 5.91 Å². The van der Waals surface area contributed by atoms with Crippen molar-refractivity contribution >= 4 is 23.2 Å². The maximum atomic E-state index is 12.5. The van der Waals surface area contributed by atoms with Crippen LogP contribution in [-0.4, -0.2) is 18.4 Å². The van der Waals surface area contributed by atoms with Crippen LogP contribution in [0.1, 0.15) is 43.6 Å². The van der Waals surface area contributed by atoms with Crippen LogP contribution in [0.15, 0.2) is 42.5 Å². The number of amides is 2. The molecule has 0 saturated carbocycles. The van der Waals surface area contributed by atoms with E-state index in [1.54, 1.807) is 30.3 Å². The normalized spacial score (nSPS) is 11.0. The van der Waals surface area contributed by atoms with Crippen LogP contribution in [0, 0.1) is 12.3 Å². The van der Waals surface area contributed by atoms with E-state index in [0.29, 0.717) is 23.5 Å². The average molecular weight is 354 g/mol. The van der Waals surface area contributed by atoms with Crippen molar-refractivity contribution in [3.8, 4) is 5.75 Å². The zero-order valence-electron chi connectivity index (χ0n) is 16.0. The first kappa shape index (κ1) is 19.5. The first-order chi connectivity index (χ1) is 12.2. The Morgan fingerprint density at radius 2 is 1.65 bits per heavy atom. The van der Waals surface area contributed by atoms with Gasteiger partial charge in [0.15, 0.2) is 0 Å². The number of anilines is 2. The fourth-order valence-corrected chi connectivity index (χ4v) is 2.22. The summed E-state index contributed by atoms with van der Waals surface area (Å²) in [6.45, 7) is 9.96. The predicted octanol–water partition coefficient (Wildman–Crippen LogP) is 4.63. The molecule has 2 aromatic carbocycles. The Hall–Kier alpha value is -2.82. The Bertz CT molecular complexity index is 790. The van der Waals surface area contributed by atoms with Gasteiger partial charge in [0.05, 0.1) is 6.61 Å². The average Bonchev–Trinajstić information content (AvgIpc) is 2.58. The van der Waals surface area contributed by atoms with Crippen LogP contribution in [-0.2, 0) is 4.79 Å². The minimum atomic E-state index is -0.489. The monoisotopic (exact) mass is 354 g/mol. The van der Waals surface area contributed by atoms with Crippen molar-refractivity contribution in [1.29, 1.82) is 0 Å². The predicted molar refractivity (Wildman–Crippen MR) is 105 cm³/mol. The second-order valence-electron chi connectivity index (χ2n) is 7.15. The Morgan fingerprint density at radius 1 is 1.00 bits per heavy atom. The standard InChI is InChI=1S/C21H26N2O3/c1-6-26-17-11-8-15(9-12-17)19(24)23-18-13-16(10-7-14(18)2)22-20(25)21(3,4)5/h7-13H,6H2,1-5H3,(H,22,25)(H,23,24). The van der Waals surface area contributed by atoms with Crippen LogP contribution in [0.5, 0.6) is 5.75 Å². The van der Waals surface area contributed by atoms with Gasteiger partial charge >= 0.3 is 0 Å². The molecule has 0 spiro atoms. The van der Waals surface area contributed by atoms with Crippen molar-refractivity contribution in [2.24, 2.45) is 5.41 Å². The second-order valence-corrected chi connectivity index (χ2v) is 7.15. The molecule has 0 aromatic heterocycles. The summed E-state index contributed by atoms with van der Waals surface area (Å²) in [4.78, 5) is 24.6. The minimum Gasteiger partial charge on any atom is -0.494 e. The van der Waals surface area contributed by atoms with Crippen molar-refractivity contribution in [3.05, 3.63) is 53.6 Å². The molecule has 0 aliphatic heterocycles. The van der Waals surface area contributed by atoms with Crippen molar-refractivity contribution in [2.75, 3.05) is 17.2 Å². The van der Waals surface area contributed by atoms with Crippen molar-refractivity contribution < 1.29 is 14.3 Å². The van der Waals surface area contributed by atoms with E-state index in [1.807, 2.05) is 46.8 Å². The number of benzene rings is 2. The van der Waals surface area contributed by atoms with Gasteiger partial charge in [0.25, 0.3) is 5.91 Å². The van der Waals surface area contributed by atoms with Gasteiger partial charge in [-0.1, -0.05) is 26.8 Å².